The molecule has 0 bridgehead atoms. The summed E-state index contributed by atoms with van der Waals surface area (Å²) < 4.78 is 10.4. The highest BCUT2D eigenvalue weighted by Crippen LogP contribution is 2.18. The Balaban J connectivity index is 1.47. The van der Waals surface area contributed by atoms with E-state index in [1.54, 1.807) is 24.3 Å². The normalized spacial score (nSPS) is 11.5. The van der Waals surface area contributed by atoms with Crippen LogP contribution in [0.1, 0.15) is 11.1 Å². The number of carbonyl (C=O) groups excluding carboxylic acids is 2. The first-order valence-corrected chi connectivity index (χ1v) is 10.4. The van der Waals surface area contributed by atoms with Crippen molar-refractivity contribution in [3.05, 3.63) is 113 Å². The van der Waals surface area contributed by atoms with Crippen molar-refractivity contribution in [2.75, 3.05) is 5.32 Å². The lowest BCUT2D eigenvalue weighted by molar-refractivity contribution is -0.118. The van der Waals surface area contributed by atoms with Gasteiger partial charge in [-0.05, 0) is 35.4 Å². The van der Waals surface area contributed by atoms with Crippen LogP contribution in [0.2, 0.25) is 0 Å². The third kappa shape index (κ3) is 6.07. The number of nitrogens with one attached hydrogen (secondary N) is 2. The molecule has 0 saturated carbocycles. The fraction of sp³-hybridized carbons (Fsp3) is 0.115. The Morgan fingerprint density at radius 1 is 0.848 bits per heavy atom. The number of ether oxygens (including phenoxy) is 1. The van der Waals surface area contributed by atoms with Gasteiger partial charge in [0.15, 0.2) is 0 Å². The summed E-state index contributed by atoms with van der Waals surface area (Å²) in [7, 11) is 0. The van der Waals surface area contributed by atoms with Crippen molar-refractivity contribution in [1.82, 2.24) is 5.32 Å². The zero-order valence-corrected chi connectivity index (χ0v) is 17.7. The summed E-state index contributed by atoms with van der Waals surface area (Å²) >= 11 is 0. The summed E-state index contributed by atoms with van der Waals surface area (Å²) in [6, 6.07) is 25.7. The molecule has 4 rings (SSSR count). The SMILES string of the molecule is O=C(N[C@@H](Cc1ccccc1)C(=O)Nc1ccc2oc(=O)ccc2c1)OCc1ccccc1. The molecule has 0 unspecified atom stereocenters. The van der Waals surface area contributed by atoms with E-state index in [1.807, 2.05) is 60.7 Å². The Bertz CT molecular complexity index is 1300. The monoisotopic (exact) mass is 442 g/mol. The molecule has 7 nitrogen and oxygen atoms in total. The Hall–Kier alpha value is -4.39. The third-order valence-electron chi connectivity index (χ3n) is 4.99. The van der Waals surface area contributed by atoms with Gasteiger partial charge in [-0.15, -0.1) is 0 Å². The first-order valence-electron chi connectivity index (χ1n) is 10.4. The Kier molecular flexibility index (Phi) is 6.80. The van der Waals surface area contributed by atoms with Gasteiger partial charge in [0, 0.05) is 23.6 Å². The lowest BCUT2D eigenvalue weighted by atomic mass is 10.1. The van der Waals surface area contributed by atoms with Gasteiger partial charge in [-0.3, -0.25) is 4.79 Å². The van der Waals surface area contributed by atoms with Gasteiger partial charge in [0.25, 0.3) is 0 Å². The van der Waals surface area contributed by atoms with Crippen molar-refractivity contribution in [3.63, 3.8) is 0 Å². The van der Waals surface area contributed by atoms with Crippen LogP contribution in [0.15, 0.2) is 100 Å². The second-order valence-corrected chi connectivity index (χ2v) is 7.44. The molecule has 4 aromatic rings. The van der Waals surface area contributed by atoms with Crippen LogP contribution in [-0.4, -0.2) is 18.0 Å². The number of hydrogen-bond donors (Lipinski definition) is 2. The van der Waals surface area contributed by atoms with Crippen molar-refractivity contribution >= 4 is 28.7 Å². The number of carbonyl (C=O) groups is 2. The van der Waals surface area contributed by atoms with E-state index < -0.39 is 23.7 Å². The number of hydrogen-bond acceptors (Lipinski definition) is 5. The van der Waals surface area contributed by atoms with Gasteiger partial charge < -0.3 is 19.8 Å². The third-order valence-corrected chi connectivity index (χ3v) is 4.99. The Morgan fingerprint density at radius 3 is 2.27 bits per heavy atom. The molecule has 33 heavy (non-hydrogen) atoms. The molecule has 0 aliphatic carbocycles. The first-order chi connectivity index (χ1) is 16.1. The maximum Gasteiger partial charge on any atom is 0.408 e. The topological polar surface area (TPSA) is 97.6 Å². The van der Waals surface area contributed by atoms with Gasteiger partial charge in [0.1, 0.15) is 18.2 Å². The quantitative estimate of drug-likeness (QED) is 0.417. The van der Waals surface area contributed by atoms with E-state index in [0.29, 0.717) is 16.7 Å². The molecule has 0 radical (unpaired) electrons. The van der Waals surface area contributed by atoms with Gasteiger partial charge in [0.2, 0.25) is 5.91 Å². The number of fused-ring (bicyclic) bond motifs is 1. The predicted molar refractivity (Wildman–Crippen MR) is 125 cm³/mol. The molecule has 2 N–H and O–H groups in total. The summed E-state index contributed by atoms with van der Waals surface area (Å²) in [5.41, 5.74) is 2.23. The number of amides is 2. The second kappa shape index (κ2) is 10.3. The Labute approximate surface area is 190 Å². The first kappa shape index (κ1) is 21.8. The maximum atomic E-state index is 13.1. The summed E-state index contributed by atoms with van der Waals surface area (Å²) in [5.74, 6) is -0.396. The number of anilines is 1. The minimum Gasteiger partial charge on any atom is -0.445 e. The van der Waals surface area contributed by atoms with Crippen LogP contribution in [0.4, 0.5) is 10.5 Å². The van der Waals surface area contributed by atoms with Crippen LogP contribution in [-0.2, 0) is 22.6 Å². The van der Waals surface area contributed by atoms with Gasteiger partial charge in [-0.1, -0.05) is 60.7 Å². The summed E-state index contributed by atoms with van der Waals surface area (Å²) in [6.45, 7) is 0.0994. The molecule has 0 fully saturated rings. The van der Waals surface area contributed by atoms with Gasteiger partial charge in [-0.25, -0.2) is 9.59 Å². The van der Waals surface area contributed by atoms with E-state index in [0.717, 1.165) is 11.1 Å². The summed E-state index contributed by atoms with van der Waals surface area (Å²) in [5, 5.41) is 6.16. The molecule has 0 saturated heterocycles. The van der Waals surface area contributed by atoms with Gasteiger partial charge >= 0.3 is 11.7 Å². The molecule has 0 aliphatic heterocycles. The molecule has 1 heterocycles. The van der Waals surface area contributed by atoms with Crippen molar-refractivity contribution in [1.29, 1.82) is 0 Å². The van der Waals surface area contributed by atoms with Crippen molar-refractivity contribution < 1.29 is 18.7 Å². The van der Waals surface area contributed by atoms with Crippen LogP contribution < -0.4 is 16.3 Å². The molecule has 166 valence electrons. The molecule has 0 aliphatic rings. The van der Waals surface area contributed by atoms with Crippen LogP contribution in [0.3, 0.4) is 0 Å². The van der Waals surface area contributed by atoms with Crippen LogP contribution >= 0.6 is 0 Å². The standard InChI is InChI=1S/C26H22N2O5/c29-24-14-11-20-16-21(12-13-23(20)33-24)27-25(30)22(15-18-7-3-1-4-8-18)28-26(31)32-17-19-9-5-2-6-10-19/h1-14,16,22H,15,17H2,(H,27,30)(H,28,31)/t22-/m0/s1. The van der Waals surface area contributed by atoms with Crippen LogP contribution in [0.5, 0.6) is 0 Å². The lowest BCUT2D eigenvalue weighted by Gasteiger charge is -2.19. The highest BCUT2D eigenvalue weighted by Gasteiger charge is 2.22. The van der Waals surface area contributed by atoms with E-state index in [4.69, 9.17) is 9.15 Å². The van der Waals surface area contributed by atoms with E-state index in [2.05, 4.69) is 10.6 Å². The van der Waals surface area contributed by atoms with Crippen molar-refractivity contribution in [2.24, 2.45) is 0 Å². The Morgan fingerprint density at radius 2 is 1.55 bits per heavy atom. The zero-order valence-electron chi connectivity index (χ0n) is 17.7. The summed E-state index contributed by atoms with van der Waals surface area (Å²) in [6.07, 6.45) is -0.398. The fourth-order valence-electron chi connectivity index (χ4n) is 3.35. The minimum atomic E-state index is -0.861. The molecule has 1 aromatic heterocycles. The van der Waals surface area contributed by atoms with Crippen LogP contribution in [0.25, 0.3) is 11.0 Å². The minimum absolute atomic E-state index is 0.0994. The second-order valence-electron chi connectivity index (χ2n) is 7.44. The van der Waals surface area contributed by atoms with Gasteiger partial charge in [0.05, 0.1) is 0 Å². The number of alkyl carbamates (subject to hydrolysis) is 1. The fourth-order valence-corrected chi connectivity index (χ4v) is 3.35. The van der Waals surface area contributed by atoms with E-state index in [-0.39, 0.29) is 13.0 Å². The molecule has 2 amide bonds. The summed E-state index contributed by atoms with van der Waals surface area (Å²) in [4.78, 5) is 36.9. The average molecular weight is 442 g/mol. The molecule has 7 heteroatoms. The highest BCUT2D eigenvalue weighted by molar-refractivity contribution is 5.98. The molecular formula is C26H22N2O5. The number of benzene rings is 3. The molecule has 0 spiro atoms. The maximum absolute atomic E-state index is 13.1. The average Bonchev–Trinajstić information content (AvgIpc) is 2.84. The van der Waals surface area contributed by atoms with Crippen molar-refractivity contribution in [3.8, 4) is 0 Å². The van der Waals surface area contributed by atoms with Crippen molar-refractivity contribution in [2.45, 2.75) is 19.1 Å². The van der Waals surface area contributed by atoms with E-state index in [1.165, 1.54) is 6.07 Å². The molecule has 1 atom stereocenters. The largest absolute Gasteiger partial charge is 0.445 e. The molecular weight excluding hydrogens is 420 g/mol. The lowest BCUT2D eigenvalue weighted by Crippen LogP contribution is -2.45. The molecule has 3 aromatic carbocycles. The van der Waals surface area contributed by atoms with Crippen LogP contribution in [0, 0.1) is 0 Å². The van der Waals surface area contributed by atoms with E-state index >= 15 is 0 Å². The smallest absolute Gasteiger partial charge is 0.408 e. The number of rotatable bonds is 7. The predicted octanol–water partition coefficient (Wildman–Crippen LogP) is 4.27. The van der Waals surface area contributed by atoms with Gasteiger partial charge in [-0.2, -0.15) is 0 Å². The van der Waals surface area contributed by atoms with E-state index in [9.17, 15) is 14.4 Å². The zero-order chi connectivity index (χ0) is 23.0. The highest BCUT2D eigenvalue weighted by atomic mass is 16.5.